The molecule has 1 aliphatic heterocycles. The summed E-state index contributed by atoms with van der Waals surface area (Å²) in [7, 11) is 0. The molecule has 1 aromatic rings. The van der Waals surface area contributed by atoms with Crippen molar-refractivity contribution in [2.24, 2.45) is 22.7 Å². The number of fused-ring (bicyclic) bond motifs is 5. The Balaban J connectivity index is 1.22. The molecule has 0 spiro atoms. The van der Waals surface area contributed by atoms with E-state index in [2.05, 4.69) is 30.6 Å². The Morgan fingerprint density at radius 3 is 2.30 bits per heavy atom. The molecule has 47 heavy (non-hydrogen) atoms. The molecule has 0 radical (unpaired) electrons. The van der Waals surface area contributed by atoms with Gasteiger partial charge in [-0.05, 0) is 113 Å². The van der Waals surface area contributed by atoms with Crippen molar-refractivity contribution in [3.63, 3.8) is 0 Å². The summed E-state index contributed by atoms with van der Waals surface area (Å²) in [5.41, 5.74) is 1.81. The highest BCUT2D eigenvalue weighted by Gasteiger charge is 2.66. The molecule has 6 rings (SSSR count). The van der Waals surface area contributed by atoms with Crippen LogP contribution in [-0.2, 0) is 9.47 Å². The number of amides is 2. The first kappa shape index (κ1) is 34.5. The molecule has 4 fully saturated rings. The van der Waals surface area contributed by atoms with Crippen LogP contribution in [-0.4, -0.2) is 87.7 Å². The van der Waals surface area contributed by atoms with Gasteiger partial charge in [0.1, 0.15) is 18.3 Å². The van der Waals surface area contributed by atoms with Crippen molar-refractivity contribution in [2.75, 3.05) is 13.1 Å². The molecule has 10 nitrogen and oxygen atoms in total. The number of carbonyl (C=O) groups is 2. The lowest BCUT2D eigenvalue weighted by atomic mass is 9.45. The number of ether oxygens (including phenoxy) is 2. The highest BCUT2D eigenvalue weighted by atomic mass is 16.7. The zero-order valence-corrected chi connectivity index (χ0v) is 28.5. The summed E-state index contributed by atoms with van der Waals surface area (Å²) in [6.07, 6.45) is 3.18. The Labute approximate surface area is 278 Å². The highest BCUT2D eigenvalue weighted by Crippen LogP contribution is 2.70. The minimum Gasteiger partial charge on any atom is -0.389 e. The minimum absolute atomic E-state index is 0.0666. The van der Waals surface area contributed by atoms with E-state index >= 15 is 0 Å². The minimum atomic E-state index is -1.33. The van der Waals surface area contributed by atoms with E-state index in [0.717, 1.165) is 50.5 Å². The molecule has 0 unspecified atom stereocenters. The first-order chi connectivity index (χ1) is 22.3. The number of carbonyl (C=O) groups excluding carboxylic acids is 2. The molecular formula is C37H54N2O8. The topological polar surface area (TPSA) is 158 Å². The summed E-state index contributed by atoms with van der Waals surface area (Å²) in [6.45, 7) is 10.9. The second-order valence-corrected chi connectivity index (χ2v) is 15.3. The quantitative estimate of drug-likeness (QED) is 0.244. The number of hydrogen-bond donors (Lipinski definition) is 6. The van der Waals surface area contributed by atoms with Gasteiger partial charge in [-0.1, -0.05) is 31.6 Å². The molecule has 1 saturated heterocycles. The van der Waals surface area contributed by atoms with Crippen LogP contribution in [0.4, 0.5) is 0 Å². The van der Waals surface area contributed by atoms with Gasteiger partial charge < -0.3 is 40.5 Å². The molecular weight excluding hydrogens is 600 g/mol. The van der Waals surface area contributed by atoms with Crippen molar-refractivity contribution in [2.45, 2.75) is 134 Å². The summed E-state index contributed by atoms with van der Waals surface area (Å²) in [4.78, 5) is 26.0. The molecule has 10 heteroatoms. The number of rotatable bonds is 7. The molecule has 0 bridgehead atoms. The van der Waals surface area contributed by atoms with Gasteiger partial charge in [0.25, 0.3) is 11.8 Å². The van der Waals surface area contributed by atoms with Gasteiger partial charge >= 0.3 is 0 Å². The highest BCUT2D eigenvalue weighted by molar-refractivity contribution is 6.07. The third kappa shape index (κ3) is 5.57. The Morgan fingerprint density at radius 1 is 0.894 bits per heavy atom. The lowest BCUT2D eigenvalue weighted by Crippen LogP contribution is -2.60. The standard InChI is InChI=1S/C37H54N2O8/c1-6-38-32(43)24-10-8-21(18-25(24)33(44)39-7-2)26-14-17-37(45)28-11-9-22-19-23(47-34-31(42)30(41)29(40)20(3)46-34)12-15-35(22,4)27(28)13-16-36(26,37)5/h8,10,18-20,23,26-31,34,40-42,45H,6-7,9,11-17H2,1-5H3,(H,38,43)(H,39,44)/t20-,23-,26+,27-,28+,29-,30+,31+,34-,35-,36+,37-/m0/s1. The Bertz CT molecular complexity index is 1400. The number of nitrogens with one attached hydrogen (secondary N) is 2. The van der Waals surface area contributed by atoms with E-state index in [4.69, 9.17) is 9.47 Å². The van der Waals surface area contributed by atoms with E-state index in [0.29, 0.717) is 36.6 Å². The molecule has 1 heterocycles. The van der Waals surface area contributed by atoms with Crippen LogP contribution in [0.5, 0.6) is 0 Å². The Kier molecular flexibility index (Phi) is 9.43. The van der Waals surface area contributed by atoms with Crippen LogP contribution in [0.15, 0.2) is 29.8 Å². The number of aliphatic hydroxyl groups excluding tert-OH is 3. The summed E-state index contributed by atoms with van der Waals surface area (Å²) in [5, 5.41) is 49.3. The summed E-state index contributed by atoms with van der Waals surface area (Å²) >= 11 is 0. The molecule has 4 aliphatic carbocycles. The van der Waals surface area contributed by atoms with E-state index in [-0.39, 0.29) is 40.6 Å². The number of allylic oxidation sites excluding steroid dienone is 1. The number of benzene rings is 1. The maximum Gasteiger partial charge on any atom is 0.252 e. The molecule has 260 valence electrons. The number of aliphatic hydroxyl groups is 4. The smallest absolute Gasteiger partial charge is 0.252 e. The maximum absolute atomic E-state index is 13.1. The van der Waals surface area contributed by atoms with E-state index in [9.17, 15) is 30.0 Å². The first-order valence-corrected chi connectivity index (χ1v) is 17.8. The maximum atomic E-state index is 13.1. The SMILES string of the molecule is CCNC(=O)c1ccc([C@H]2CC[C@]3(O)[C@@H]4CCC5=C[C@@H](O[C@@H]6O[C@@H](C)[C@H](O)[C@@H](O)[C@H]6O)CC[C@]5(C)[C@H]4CC[C@]23C)cc1C(=O)NCC. The van der Waals surface area contributed by atoms with Crippen LogP contribution in [0.1, 0.15) is 118 Å². The molecule has 1 aromatic carbocycles. The molecule has 2 amide bonds. The Hall–Kier alpha value is -2.34. The van der Waals surface area contributed by atoms with Gasteiger partial charge in [0.05, 0.1) is 28.9 Å². The van der Waals surface area contributed by atoms with Crippen molar-refractivity contribution in [3.05, 3.63) is 46.5 Å². The van der Waals surface area contributed by atoms with Crippen LogP contribution in [0.25, 0.3) is 0 Å². The van der Waals surface area contributed by atoms with Gasteiger partial charge in [-0.3, -0.25) is 9.59 Å². The lowest BCUT2D eigenvalue weighted by molar-refractivity contribution is -0.301. The van der Waals surface area contributed by atoms with Crippen molar-refractivity contribution < 1.29 is 39.5 Å². The van der Waals surface area contributed by atoms with Crippen molar-refractivity contribution in [3.8, 4) is 0 Å². The number of hydrogen-bond acceptors (Lipinski definition) is 8. The third-order valence-corrected chi connectivity index (χ3v) is 13.0. The van der Waals surface area contributed by atoms with E-state index in [1.807, 2.05) is 26.0 Å². The predicted molar refractivity (Wildman–Crippen MR) is 176 cm³/mol. The molecule has 6 N–H and O–H groups in total. The monoisotopic (exact) mass is 654 g/mol. The second kappa shape index (κ2) is 12.8. The van der Waals surface area contributed by atoms with Crippen LogP contribution >= 0.6 is 0 Å². The largest absolute Gasteiger partial charge is 0.389 e. The fourth-order valence-electron chi connectivity index (χ4n) is 10.3. The van der Waals surface area contributed by atoms with Crippen molar-refractivity contribution in [1.29, 1.82) is 0 Å². The second-order valence-electron chi connectivity index (χ2n) is 15.3. The van der Waals surface area contributed by atoms with Gasteiger partial charge in [0.15, 0.2) is 6.29 Å². The lowest BCUT2D eigenvalue weighted by Gasteiger charge is -2.62. The fourth-order valence-corrected chi connectivity index (χ4v) is 10.3. The Morgan fingerprint density at radius 2 is 1.60 bits per heavy atom. The average molecular weight is 655 g/mol. The predicted octanol–water partition coefficient (Wildman–Crippen LogP) is 3.56. The van der Waals surface area contributed by atoms with E-state index in [1.54, 1.807) is 13.0 Å². The summed E-state index contributed by atoms with van der Waals surface area (Å²) < 4.78 is 11.9. The molecule has 3 saturated carbocycles. The zero-order chi connectivity index (χ0) is 33.9. The van der Waals surface area contributed by atoms with Crippen molar-refractivity contribution >= 4 is 11.8 Å². The third-order valence-electron chi connectivity index (χ3n) is 13.0. The zero-order valence-electron chi connectivity index (χ0n) is 28.5. The van der Waals surface area contributed by atoms with Gasteiger partial charge in [-0.25, -0.2) is 0 Å². The van der Waals surface area contributed by atoms with Crippen LogP contribution in [0, 0.1) is 22.7 Å². The normalized spacial score (nSPS) is 42.8. The van der Waals surface area contributed by atoms with E-state index in [1.165, 1.54) is 5.57 Å². The van der Waals surface area contributed by atoms with E-state index < -0.39 is 36.3 Å². The molecule has 12 atom stereocenters. The van der Waals surface area contributed by atoms with Gasteiger partial charge in [0, 0.05) is 18.5 Å². The van der Waals surface area contributed by atoms with Gasteiger partial charge in [0.2, 0.25) is 0 Å². The van der Waals surface area contributed by atoms with Gasteiger partial charge in [-0.15, -0.1) is 0 Å². The van der Waals surface area contributed by atoms with Crippen LogP contribution in [0.3, 0.4) is 0 Å². The summed E-state index contributed by atoms with van der Waals surface area (Å²) in [5.74, 6) is 0.00790. The first-order valence-electron chi connectivity index (χ1n) is 17.8. The van der Waals surface area contributed by atoms with Crippen LogP contribution in [0.2, 0.25) is 0 Å². The van der Waals surface area contributed by atoms with Gasteiger partial charge in [-0.2, -0.15) is 0 Å². The van der Waals surface area contributed by atoms with Crippen molar-refractivity contribution in [1.82, 2.24) is 10.6 Å². The summed E-state index contributed by atoms with van der Waals surface area (Å²) in [6, 6.07) is 5.65. The average Bonchev–Trinajstić information content (AvgIpc) is 3.33. The molecule has 5 aliphatic rings. The fraction of sp³-hybridized carbons (Fsp3) is 0.730. The van der Waals surface area contributed by atoms with Crippen LogP contribution < -0.4 is 10.6 Å². The molecule has 0 aromatic heterocycles.